The van der Waals surface area contributed by atoms with E-state index in [1.54, 1.807) is 13.0 Å². The molecule has 2 saturated heterocycles. The van der Waals surface area contributed by atoms with E-state index < -0.39 is 90.7 Å². The Morgan fingerprint density at radius 1 is 0.796 bits per heavy atom. The molecule has 7 rings (SSSR count). The van der Waals surface area contributed by atoms with E-state index >= 15 is 0 Å². The van der Waals surface area contributed by atoms with Gasteiger partial charge in [-0.15, -0.1) is 0 Å². The Kier molecular flexibility index (Phi) is 9.36. The van der Waals surface area contributed by atoms with Gasteiger partial charge in [0.25, 0.3) is 0 Å². The SMILES string of the molecule is CC1OC(OC2CCC3(C)C4CCC5(C)C(C6=CC(=O)OC6)CCC5(O)C4CCC3(O)C2)C(O)C(O)C1OC1OC(CO)C(O)C(O)C1O. The molecule has 18 atom stereocenters. The molecule has 0 aromatic heterocycles. The maximum absolute atomic E-state index is 12.5. The van der Waals surface area contributed by atoms with Crippen molar-refractivity contribution >= 4 is 5.97 Å². The third kappa shape index (κ3) is 5.47. The molecule has 0 spiro atoms. The Bertz CT molecular complexity index is 1290. The van der Waals surface area contributed by atoms with Crippen molar-refractivity contribution < 1.29 is 69.3 Å². The molecular formula is C35H54O14. The second-order valence-electron chi connectivity index (χ2n) is 16.5. The van der Waals surface area contributed by atoms with Gasteiger partial charge in [0, 0.05) is 17.9 Å². The lowest BCUT2D eigenvalue weighted by Crippen LogP contribution is -2.68. The number of aliphatic hydroxyl groups is 8. The summed E-state index contributed by atoms with van der Waals surface area (Å²) in [5, 5.41) is 87.1. The van der Waals surface area contributed by atoms with Gasteiger partial charge in [-0.1, -0.05) is 13.8 Å². The first-order valence-corrected chi connectivity index (χ1v) is 18.0. The molecule has 4 saturated carbocycles. The van der Waals surface area contributed by atoms with Gasteiger partial charge in [0.05, 0.1) is 30.0 Å². The summed E-state index contributed by atoms with van der Waals surface area (Å²) in [5.74, 6) is -0.117. The Balaban J connectivity index is 1.00. The Morgan fingerprint density at radius 2 is 1.47 bits per heavy atom. The van der Waals surface area contributed by atoms with Crippen molar-refractivity contribution in [3.05, 3.63) is 11.6 Å². The van der Waals surface area contributed by atoms with Gasteiger partial charge >= 0.3 is 5.97 Å². The zero-order valence-electron chi connectivity index (χ0n) is 28.5. The van der Waals surface area contributed by atoms with E-state index in [9.17, 15) is 45.6 Å². The summed E-state index contributed by atoms with van der Waals surface area (Å²) in [6.45, 7) is 5.56. The molecule has 0 radical (unpaired) electrons. The third-order valence-electron chi connectivity index (χ3n) is 14.3. The number of ether oxygens (including phenoxy) is 5. The minimum absolute atomic E-state index is 0.0118. The van der Waals surface area contributed by atoms with Crippen LogP contribution in [0.2, 0.25) is 0 Å². The molecule has 3 aliphatic heterocycles. The van der Waals surface area contributed by atoms with Crippen LogP contribution in [-0.4, -0.2) is 139 Å². The first-order chi connectivity index (χ1) is 23.1. The fraction of sp³-hybridized carbons (Fsp3) is 0.914. The van der Waals surface area contributed by atoms with Crippen molar-refractivity contribution in [2.45, 2.75) is 157 Å². The van der Waals surface area contributed by atoms with Crippen molar-refractivity contribution in [1.82, 2.24) is 0 Å². The summed E-state index contributed by atoms with van der Waals surface area (Å²) in [4.78, 5) is 11.9. The molecule has 7 aliphatic rings. The number of cyclic esters (lactones) is 1. The number of carbonyl (C=O) groups excluding carboxylic acids is 1. The highest BCUT2D eigenvalue weighted by Crippen LogP contribution is 2.70. The van der Waals surface area contributed by atoms with E-state index in [1.807, 2.05) is 0 Å². The normalized spacial score (nSPS) is 56.0. The molecule has 278 valence electrons. The van der Waals surface area contributed by atoms with E-state index in [2.05, 4.69) is 13.8 Å². The van der Waals surface area contributed by atoms with Crippen LogP contribution in [0, 0.1) is 28.6 Å². The predicted molar refractivity (Wildman–Crippen MR) is 167 cm³/mol. The molecule has 3 heterocycles. The van der Waals surface area contributed by atoms with Crippen LogP contribution in [0.5, 0.6) is 0 Å². The van der Waals surface area contributed by atoms with Crippen LogP contribution in [0.3, 0.4) is 0 Å². The van der Waals surface area contributed by atoms with Crippen LogP contribution >= 0.6 is 0 Å². The predicted octanol–water partition coefficient (Wildman–Crippen LogP) is -0.605. The van der Waals surface area contributed by atoms with Gasteiger partial charge in [0.15, 0.2) is 12.6 Å². The van der Waals surface area contributed by atoms with E-state index in [0.29, 0.717) is 45.1 Å². The minimum atomic E-state index is -1.69. The minimum Gasteiger partial charge on any atom is -0.458 e. The second kappa shape index (κ2) is 12.7. The highest BCUT2D eigenvalue weighted by molar-refractivity contribution is 5.85. The van der Waals surface area contributed by atoms with E-state index in [-0.39, 0.29) is 29.1 Å². The van der Waals surface area contributed by atoms with E-state index in [0.717, 1.165) is 24.8 Å². The third-order valence-corrected chi connectivity index (χ3v) is 14.3. The summed E-state index contributed by atoms with van der Waals surface area (Å²) < 4.78 is 28.6. The van der Waals surface area contributed by atoms with Gasteiger partial charge in [0.2, 0.25) is 0 Å². The Morgan fingerprint density at radius 3 is 2.16 bits per heavy atom. The fourth-order valence-corrected chi connectivity index (χ4v) is 11.3. The number of fused-ring (bicyclic) bond motifs is 5. The highest BCUT2D eigenvalue weighted by atomic mass is 16.7. The average Bonchev–Trinajstić information content (AvgIpc) is 3.61. The molecule has 14 nitrogen and oxygen atoms in total. The Hall–Kier alpha value is -1.27. The van der Waals surface area contributed by atoms with Gasteiger partial charge in [-0.2, -0.15) is 0 Å². The Labute approximate surface area is 285 Å². The van der Waals surface area contributed by atoms with Gasteiger partial charge in [-0.05, 0) is 87.0 Å². The molecule has 18 unspecified atom stereocenters. The van der Waals surface area contributed by atoms with Crippen LogP contribution < -0.4 is 0 Å². The van der Waals surface area contributed by atoms with Crippen molar-refractivity contribution in [3.63, 3.8) is 0 Å². The molecule has 49 heavy (non-hydrogen) atoms. The summed E-state index contributed by atoms with van der Waals surface area (Å²) in [7, 11) is 0. The van der Waals surface area contributed by atoms with Crippen molar-refractivity contribution in [2.24, 2.45) is 28.6 Å². The topological polar surface area (TPSA) is 225 Å². The molecular weight excluding hydrogens is 644 g/mol. The van der Waals surface area contributed by atoms with Crippen molar-refractivity contribution in [2.75, 3.05) is 13.2 Å². The maximum Gasteiger partial charge on any atom is 0.331 e. The maximum atomic E-state index is 12.5. The largest absolute Gasteiger partial charge is 0.458 e. The smallest absolute Gasteiger partial charge is 0.331 e. The zero-order chi connectivity index (χ0) is 35.3. The quantitative estimate of drug-likeness (QED) is 0.128. The molecule has 14 heteroatoms. The molecule has 0 bridgehead atoms. The monoisotopic (exact) mass is 698 g/mol. The molecule has 8 N–H and O–H groups in total. The number of aliphatic hydroxyl groups excluding tert-OH is 6. The van der Waals surface area contributed by atoms with Gasteiger partial charge < -0.3 is 64.5 Å². The lowest BCUT2D eigenvalue weighted by Gasteiger charge is -2.66. The zero-order valence-corrected chi connectivity index (χ0v) is 28.5. The average molecular weight is 699 g/mol. The molecule has 4 aliphatic carbocycles. The van der Waals surface area contributed by atoms with Gasteiger partial charge in [0.1, 0.15) is 49.3 Å². The first kappa shape index (κ1) is 36.1. The number of esters is 1. The number of hydrogen-bond donors (Lipinski definition) is 8. The number of rotatable bonds is 6. The number of carbonyl (C=O) groups is 1. The standard InChI is InChI=1S/C35H54O14/c1-16-29(49-31-27(41)25(39)24(38)22(14-36)48-31)26(40)28(42)30(46-16)47-18-4-8-32(2)20-5-9-33(3)19(17-12-23(37)45-15-17)7-11-35(33,44)21(20)6-10-34(32,43)13-18/h12,16,18-22,24-31,36,38-44H,4-11,13-15H2,1-3H3. The van der Waals surface area contributed by atoms with Crippen LogP contribution in [0.15, 0.2) is 11.6 Å². The summed E-state index contributed by atoms with van der Waals surface area (Å²) in [6, 6.07) is 0. The van der Waals surface area contributed by atoms with Crippen molar-refractivity contribution in [3.8, 4) is 0 Å². The van der Waals surface area contributed by atoms with Gasteiger partial charge in [-0.3, -0.25) is 0 Å². The van der Waals surface area contributed by atoms with Crippen molar-refractivity contribution in [1.29, 1.82) is 0 Å². The van der Waals surface area contributed by atoms with Crippen LogP contribution in [0.1, 0.15) is 78.6 Å². The molecule has 6 fully saturated rings. The van der Waals surface area contributed by atoms with Gasteiger partial charge in [-0.25, -0.2) is 4.79 Å². The lowest BCUT2D eigenvalue weighted by molar-refractivity contribution is -0.362. The highest BCUT2D eigenvalue weighted by Gasteiger charge is 2.70. The molecule has 0 aromatic carbocycles. The summed E-state index contributed by atoms with van der Waals surface area (Å²) in [5.41, 5.74) is -1.86. The number of hydrogen-bond acceptors (Lipinski definition) is 14. The van der Waals surface area contributed by atoms with E-state index in [1.165, 1.54) is 0 Å². The summed E-state index contributed by atoms with van der Waals surface area (Å²) in [6.07, 6.45) is -7.14. The lowest BCUT2D eigenvalue weighted by atomic mass is 9.42. The fourth-order valence-electron chi connectivity index (χ4n) is 11.3. The van der Waals surface area contributed by atoms with Crippen LogP contribution in [0.4, 0.5) is 0 Å². The molecule has 0 amide bonds. The van der Waals surface area contributed by atoms with Crippen LogP contribution in [-0.2, 0) is 28.5 Å². The van der Waals surface area contributed by atoms with E-state index in [4.69, 9.17) is 23.7 Å². The molecule has 0 aromatic rings. The second-order valence-corrected chi connectivity index (χ2v) is 16.5. The summed E-state index contributed by atoms with van der Waals surface area (Å²) >= 11 is 0. The first-order valence-electron chi connectivity index (χ1n) is 18.0. The van der Waals surface area contributed by atoms with Crippen LogP contribution in [0.25, 0.3) is 0 Å².